The van der Waals surface area contributed by atoms with E-state index < -0.39 is 5.60 Å². The molecule has 0 spiro atoms. The highest BCUT2D eigenvalue weighted by Gasteiger charge is 2.33. The zero-order valence-corrected chi connectivity index (χ0v) is 21.9. The maximum Gasteiger partial charge on any atom is 0.131 e. The summed E-state index contributed by atoms with van der Waals surface area (Å²) < 4.78 is 17.1. The zero-order chi connectivity index (χ0) is 25.7. The van der Waals surface area contributed by atoms with Crippen molar-refractivity contribution < 1.29 is 19.3 Å². The average Bonchev–Trinajstić information content (AvgIpc) is 3.07. The molecular formula is C30H33ClN2O4. The molecule has 194 valence electrons. The van der Waals surface area contributed by atoms with Gasteiger partial charge in [-0.1, -0.05) is 35.9 Å². The second kappa shape index (κ2) is 11.7. The number of pyridine rings is 1. The van der Waals surface area contributed by atoms with Crippen molar-refractivity contribution in [2.24, 2.45) is 0 Å². The fourth-order valence-electron chi connectivity index (χ4n) is 5.07. The van der Waals surface area contributed by atoms with E-state index in [1.807, 2.05) is 54.7 Å². The van der Waals surface area contributed by atoms with Crippen molar-refractivity contribution in [1.29, 1.82) is 0 Å². The molecule has 1 aromatic heterocycles. The number of likely N-dealkylation sites (tertiary alicyclic amines) is 1. The summed E-state index contributed by atoms with van der Waals surface area (Å²) in [5.74, 6) is 1.62. The molecule has 2 aliphatic heterocycles. The number of methoxy groups -OCH3 is 1. The largest absolute Gasteiger partial charge is 0.491 e. The van der Waals surface area contributed by atoms with Gasteiger partial charge in [-0.05, 0) is 66.8 Å². The molecule has 0 bridgehead atoms. The van der Waals surface area contributed by atoms with Crippen LogP contribution >= 0.6 is 11.6 Å². The van der Waals surface area contributed by atoms with Crippen LogP contribution in [-0.2, 0) is 16.9 Å². The van der Waals surface area contributed by atoms with Gasteiger partial charge in [-0.25, -0.2) is 0 Å². The van der Waals surface area contributed by atoms with E-state index in [2.05, 4.69) is 22.0 Å². The molecule has 2 aromatic carbocycles. The fourth-order valence-corrected chi connectivity index (χ4v) is 5.20. The number of halogens is 1. The van der Waals surface area contributed by atoms with Crippen LogP contribution < -0.4 is 9.47 Å². The lowest BCUT2D eigenvalue weighted by Gasteiger charge is -2.38. The summed E-state index contributed by atoms with van der Waals surface area (Å²) in [5.41, 5.74) is 4.30. The molecule has 0 atom stereocenters. The highest BCUT2D eigenvalue weighted by Crippen LogP contribution is 2.39. The molecular weight excluding hydrogens is 488 g/mol. The molecule has 3 aromatic rings. The summed E-state index contributed by atoms with van der Waals surface area (Å²) in [6.45, 7) is 4.06. The van der Waals surface area contributed by atoms with Crippen LogP contribution in [0.15, 0.2) is 66.9 Å². The van der Waals surface area contributed by atoms with Crippen LogP contribution in [0.25, 0.3) is 5.57 Å². The lowest BCUT2D eigenvalue weighted by Crippen LogP contribution is -2.42. The fraction of sp³-hybridized carbons (Fsp3) is 0.367. The molecule has 3 heterocycles. The molecule has 6 nitrogen and oxygen atoms in total. The maximum atomic E-state index is 11.2. The average molecular weight is 521 g/mol. The van der Waals surface area contributed by atoms with Crippen LogP contribution in [0.3, 0.4) is 0 Å². The summed E-state index contributed by atoms with van der Waals surface area (Å²) in [6.07, 6.45) is 6.38. The van der Waals surface area contributed by atoms with E-state index in [4.69, 9.17) is 25.8 Å². The van der Waals surface area contributed by atoms with Crippen molar-refractivity contribution in [3.8, 4) is 11.5 Å². The number of benzene rings is 2. The Morgan fingerprint density at radius 1 is 1.08 bits per heavy atom. The smallest absolute Gasteiger partial charge is 0.131 e. The van der Waals surface area contributed by atoms with Crippen molar-refractivity contribution in [3.05, 3.63) is 94.3 Å². The van der Waals surface area contributed by atoms with Gasteiger partial charge < -0.3 is 24.2 Å². The van der Waals surface area contributed by atoms with Gasteiger partial charge >= 0.3 is 0 Å². The second-order valence-electron chi connectivity index (χ2n) is 9.57. The van der Waals surface area contributed by atoms with E-state index in [0.29, 0.717) is 37.7 Å². The van der Waals surface area contributed by atoms with Gasteiger partial charge in [-0.2, -0.15) is 0 Å². The van der Waals surface area contributed by atoms with E-state index in [9.17, 15) is 5.11 Å². The maximum absolute atomic E-state index is 11.2. The highest BCUT2D eigenvalue weighted by molar-refractivity contribution is 6.30. The third-order valence-corrected chi connectivity index (χ3v) is 7.45. The highest BCUT2D eigenvalue weighted by atomic mass is 35.5. The second-order valence-corrected chi connectivity index (χ2v) is 10.0. The Labute approximate surface area is 223 Å². The third kappa shape index (κ3) is 5.99. The van der Waals surface area contributed by atoms with Crippen LogP contribution in [0.5, 0.6) is 11.5 Å². The Morgan fingerprint density at radius 2 is 1.89 bits per heavy atom. The predicted molar refractivity (Wildman–Crippen MR) is 145 cm³/mol. The van der Waals surface area contributed by atoms with Crippen LogP contribution in [-0.4, -0.2) is 54.9 Å². The van der Waals surface area contributed by atoms with Crippen molar-refractivity contribution >= 4 is 17.2 Å². The molecule has 5 rings (SSSR count). The number of aromatic nitrogens is 1. The summed E-state index contributed by atoms with van der Waals surface area (Å²) in [6, 6.07) is 17.6. The standard InChI is InChI=1S/C30H33ClN2O4/c1-35-18-19-36-24-10-11-29-27(20-24)25(26-4-2-14-32-28(26)21-37-29)5-3-15-33-16-12-30(34,13-17-33)22-6-8-23(31)9-7-22/h2,4-11,14,20,34H,3,12-13,15-19,21H2,1H3/b25-5+. The van der Waals surface area contributed by atoms with Crippen LogP contribution in [0, 0.1) is 0 Å². The Balaban J connectivity index is 1.31. The van der Waals surface area contributed by atoms with Gasteiger partial charge in [0.2, 0.25) is 0 Å². The Hall–Kier alpha value is -2.90. The van der Waals surface area contributed by atoms with Gasteiger partial charge in [0.05, 0.1) is 17.9 Å². The molecule has 0 radical (unpaired) electrons. The van der Waals surface area contributed by atoms with E-state index in [1.54, 1.807) is 7.11 Å². The predicted octanol–water partition coefficient (Wildman–Crippen LogP) is 5.46. The van der Waals surface area contributed by atoms with E-state index >= 15 is 0 Å². The lowest BCUT2D eigenvalue weighted by atomic mass is 9.84. The summed E-state index contributed by atoms with van der Waals surface area (Å²) in [7, 11) is 1.67. The summed E-state index contributed by atoms with van der Waals surface area (Å²) >= 11 is 6.03. The van der Waals surface area contributed by atoms with Gasteiger partial charge in [-0.15, -0.1) is 0 Å². The number of ether oxygens (including phenoxy) is 3. The first kappa shape index (κ1) is 25.7. The molecule has 0 saturated carbocycles. The molecule has 37 heavy (non-hydrogen) atoms. The number of rotatable bonds is 8. The van der Waals surface area contributed by atoms with Crippen molar-refractivity contribution in [1.82, 2.24) is 9.88 Å². The number of aliphatic hydroxyl groups is 1. The van der Waals surface area contributed by atoms with Gasteiger partial charge in [0.15, 0.2) is 0 Å². The molecule has 2 aliphatic rings. The molecule has 0 amide bonds. The minimum absolute atomic E-state index is 0.430. The molecule has 0 unspecified atom stereocenters. The number of piperidine rings is 1. The molecule has 1 N–H and O–H groups in total. The Bertz CT molecular complexity index is 1240. The summed E-state index contributed by atoms with van der Waals surface area (Å²) in [4.78, 5) is 7.00. The lowest BCUT2D eigenvalue weighted by molar-refractivity contribution is -0.0254. The van der Waals surface area contributed by atoms with Crippen molar-refractivity contribution in [2.75, 3.05) is 40.0 Å². The minimum atomic E-state index is -0.791. The Kier molecular flexibility index (Phi) is 8.11. The van der Waals surface area contributed by atoms with Gasteiger partial charge in [0, 0.05) is 49.1 Å². The normalized spacial score (nSPS) is 18.0. The quantitative estimate of drug-likeness (QED) is 0.398. The van der Waals surface area contributed by atoms with Gasteiger partial charge in [0.1, 0.15) is 24.7 Å². The van der Waals surface area contributed by atoms with Crippen molar-refractivity contribution in [3.63, 3.8) is 0 Å². The van der Waals surface area contributed by atoms with Gasteiger partial charge in [-0.3, -0.25) is 4.98 Å². The van der Waals surface area contributed by atoms with Gasteiger partial charge in [0.25, 0.3) is 0 Å². The molecule has 1 saturated heterocycles. The monoisotopic (exact) mass is 520 g/mol. The first-order valence-electron chi connectivity index (χ1n) is 12.8. The van der Waals surface area contributed by atoms with Crippen molar-refractivity contribution in [2.45, 2.75) is 31.5 Å². The summed E-state index contributed by atoms with van der Waals surface area (Å²) in [5, 5.41) is 11.9. The van der Waals surface area contributed by atoms with E-state index in [-0.39, 0.29) is 0 Å². The third-order valence-electron chi connectivity index (χ3n) is 7.20. The topological polar surface area (TPSA) is 64.1 Å². The number of hydrogen-bond acceptors (Lipinski definition) is 6. The first-order valence-corrected chi connectivity index (χ1v) is 13.2. The molecule has 7 heteroatoms. The van der Waals surface area contributed by atoms with E-state index in [0.717, 1.165) is 65.5 Å². The number of nitrogens with zero attached hydrogens (tertiary/aromatic N) is 2. The number of hydrogen-bond donors (Lipinski definition) is 1. The minimum Gasteiger partial charge on any atom is -0.491 e. The number of fused-ring (bicyclic) bond motifs is 2. The Morgan fingerprint density at radius 3 is 2.68 bits per heavy atom. The first-order chi connectivity index (χ1) is 18.1. The van der Waals surface area contributed by atoms with E-state index in [1.165, 1.54) is 0 Å². The van der Waals surface area contributed by atoms with Crippen LogP contribution in [0.1, 0.15) is 41.6 Å². The SMILES string of the molecule is COCCOc1ccc2c(c1)/C(=C/CCN1CCC(O)(c3ccc(Cl)cc3)CC1)c1cccnc1CO2. The van der Waals surface area contributed by atoms with Crippen LogP contribution in [0.4, 0.5) is 0 Å². The molecule has 0 aliphatic carbocycles. The van der Waals surface area contributed by atoms with Crippen LogP contribution in [0.2, 0.25) is 5.02 Å². The molecule has 1 fully saturated rings. The zero-order valence-electron chi connectivity index (χ0n) is 21.2.